The zero-order valence-electron chi connectivity index (χ0n) is 21.8. The van der Waals surface area contributed by atoms with Gasteiger partial charge in [-0.2, -0.15) is 9.98 Å². The SMILES string of the molecule is C=NC(=N/C(N)=C(\C)Cc1ccccc1)N1CCN(c2ncnc(Nc3ccc4c(c3)CNCC4)n2)CC1. The van der Waals surface area contributed by atoms with Gasteiger partial charge in [-0.3, -0.25) is 0 Å². The molecule has 0 aliphatic carbocycles. The number of rotatable bonds is 6. The number of allylic oxidation sites excluding steroid dienone is 1. The molecule has 3 aromatic rings. The second-order valence-corrected chi connectivity index (χ2v) is 9.52. The normalized spacial score (nSPS) is 16.5. The molecule has 10 heteroatoms. The van der Waals surface area contributed by atoms with Crippen LogP contribution < -0.4 is 21.3 Å². The summed E-state index contributed by atoms with van der Waals surface area (Å²) >= 11 is 0. The summed E-state index contributed by atoms with van der Waals surface area (Å²) in [5.74, 6) is 2.19. The minimum atomic E-state index is 0.477. The maximum Gasteiger partial charge on any atom is 0.231 e. The Balaban J connectivity index is 1.21. The molecule has 5 rings (SSSR count). The van der Waals surface area contributed by atoms with Crippen LogP contribution in [0, 0.1) is 0 Å². The first-order valence-corrected chi connectivity index (χ1v) is 12.9. The number of hydrogen-bond donors (Lipinski definition) is 3. The second-order valence-electron chi connectivity index (χ2n) is 9.52. The summed E-state index contributed by atoms with van der Waals surface area (Å²) in [5.41, 5.74) is 12.2. The number of nitrogens with two attached hydrogens (primary N) is 1. The molecule has 0 amide bonds. The van der Waals surface area contributed by atoms with Gasteiger partial charge in [0.1, 0.15) is 12.1 Å². The van der Waals surface area contributed by atoms with E-state index in [2.05, 4.69) is 82.4 Å². The highest BCUT2D eigenvalue weighted by atomic mass is 15.4. The van der Waals surface area contributed by atoms with Gasteiger partial charge >= 0.3 is 0 Å². The van der Waals surface area contributed by atoms with Gasteiger partial charge in [-0.05, 0) is 67.4 Å². The van der Waals surface area contributed by atoms with E-state index in [1.54, 1.807) is 6.33 Å². The molecule has 0 unspecified atom stereocenters. The van der Waals surface area contributed by atoms with Gasteiger partial charge in [-0.1, -0.05) is 36.4 Å². The number of nitrogens with one attached hydrogen (secondary N) is 2. The third kappa shape index (κ3) is 6.15. The smallest absolute Gasteiger partial charge is 0.231 e. The molecule has 2 aliphatic rings. The molecule has 38 heavy (non-hydrogen) atoms. The van der Waals surface area contributed by atoms with Gasteiger partial charge < -0.3 is 26.2 Å². The topological polar surface area (TPSA) is 120 Å². The number of piperazine rings is 1. The van der Waals surface area contributed by atoms with Gasteiger partial charge in [0, 0.05) is 38.4 Å². The van der Waals surface area contributed by atoms with E-state index in [1.165, 1.54) is 16.7 Å². The van der Waals surface area contributed by atoms with E-state index in [0.717, 1.165) is 50.3 Å². The Bertz CT molecular complexity index is 1330. The van der Waals surface area contributed by atoms with Crippen molar-refractivity contribution in [3.63, 3.8) is 0 Å². The number of benzene rings is 2. The number of aliphatic imine (C=N–C) groups is 2. The highest BCUT2D eigenvalue weighted by Crippen LogP contribution is 2.22. The number of nitrogens with zero attached hydrogens (tertiary/aromatic N) is 7. The van der Waals surface area contributed by atoms with Crippen molar-refractivity contribution < 1.29 is 0 Å². The third-order valence-electron chi connectivity index (χ3n) is 6.86. The molecular formula is C28H34N10. The van der Waals surface area contributed by atoms with Crippen LogP contribution in [0.3, 0.4) is 0 Å². The standard InChI is InChI=1S/C28H34N10/c1-20(16-21-6-4-3-5-7-21)25(29)35-27(30-2)37-12-14-38(15-13-37)28-33-19-32-26(36-28)34-24-9-8-22-10-11-31-18-23(22)17-24/h3-9,17,19,31H,2,10-16,18,29H2,1H3,(H,32,33,34,36)/b25-20+,35-27?. The van der Waals surface area contributed by atoms with Gasteiger partial charge in [0.15, 0.2) is 0 Å². The van der Waals surface area contributed by atoms with Gasteiger partial charge in [-0.15, -0.1) is 0 Å². The van der Waals surface area contributed by atoms with Crippen LogP contribution in [-0.2, 0) is 19.4 Å². The van der Waals surface area contributed by atoms with Crippen molar-refractivity contribution in [3.05, 3.63) is 82.9 Å². The second kappa shape index (κ2) is 11.8. The molecule has 0 saturated carbocycles. The number of hydrogen-bond acceptors (Lipinski definition) is 8. The zero-order chi connectivity index (χ0) is 26.3. The molecule has 1 aromatic heterocycles. The fourth-order valence-corrected chi connectivity index (χ4v) is 4.70. The quantitative estimate of drug-likeness (QED) is 0.342. The Morgan fingerprint density at radius 3 is 2.68 bits per heavy atom. The van der Waals surface area contributed by atoms with Crippen molar-refractivity contribution in [3.8, 4) is 0 Å². The van der Waals surface area contributed by atoms with Crippen molar-refractivity contribution in [1.82, 2.24) is 25.2 Å². The van der Waals surface area contributed by atoms with E-state index in [0.29, 0.717) is 36.8 Å². The number of anilines is 3. The van der Waals surface area contributed by atoms with Crippen molar-refractivity contribution in [1.29, 1.82) is 0 Å². The summed E-state index contributed by atoms with van der Waals surface area (Å²) in [6.07, 6.45) is 3.35. The number of fused-ring (bicyclic) bond motifs is 1. The largest absolute Gasteiger partial charge is 0.384 e. The van der Waals surface area contributed by atoms with Gasteiger partial charge in [0.25, 0.3) is 0 Å². The Morgan fingerprint density at radius 2 is 1.89 bits per heavy atom. The lowest BCUT2D eigenvalue weighted by molar-refractivity contribution is 0.379. The van der Waals surface area contributed by atoms with Crippen molar-refractivity contribution >= 4 is 30.3 Å². The maximum atomic E-state index is 6.31. The molecule has 4 N–H and O–H groups in total. The minimum Gasteiger partial charge on any atom is -0.384 e. The van der Waals surface area contributed by atoms with E-state index in [-0.39, 0.29) is 0 Å². The van der Waals surface area contributed by atoms with Gasteiger partial charge in [0.2, 0.25) is 17.9 Å². The monoisotopic (exact) mass is 510 g/mol. The highest BCUT2D eigenvalue weighted by molar-refractivity contribution is 5.85. The molecule has 3 heterocycles. The van der Waals surface area contributed by atoms with E-state index >= 15 is 0 Å². The van der Waals surface area contributed by atoms with Gasteiger partial charge in [0.05, 0.1) is 0 Å². The average molecular weight is 511 g/mol. The lowest BCUT2D eigenvalue weighted by Crippen LogP contribution is -2.49. The molecule has 0 bridgehead atoms. The molecule has 196 valence electrons. The molecule has 2 aliphatic heterocycles. The summed E-state index contributed by atoms with van der Waals surface area (Å²) in [6, 6.07) is 16.6. The lowest BCUT2D eigenvalue weighted by Gasteiger charge is -2.35. The lowest BCUT2D eigenvalue weighted by atomic mass is 10.0. The van der Waals surface area contributed by atoms with Crippen LogP contribution in [0.1, 0.15) is 23.6 Å². The predicted molar refractivity (Wildman–Crippen MR) is 153 cm³/mol. The summed E-state index contributed by atoms with van der Waals surface area (Å²) in [6.45, 7) is 10.5. The van der Waals surface area contributed by atoms with E-state index in [1.807, 2.05) is 25.1 Å². The summed E-state index contributed by atoms with van der Waals surface area (Å²) < 4.78 is 0. The number of guanidine groups is 1. The Hall–Kier alpha value is -4.31. The zero-order valence-corrected chi connectivity index (χ0v) is 21.8. The first kappa shape index (κ1) is 25.3. The van der Waals surface area contributed by atoms with Crippen molar-refractivity contribution in [2.24, 2.45) is 15.7 Å². The van der Waals surface area contributed by atoms with E-state index < -0.39 is 0 Å². The van der Waals surface area contributed by atoms with Gasteiger partial charge in [-0.25, -0.2) is 15.0 Å². The fraction of sp³-hybridized carbons (Fsp3) is 0.321. The highest BCUT2D eigenvalue weighted by Gasteiger charge is 2.22. The summed E-state index contributed by atoms with van der Waals surface area (Å²) in [7, 11) is 0. The minimum absolute atomic E-state index is 0.477. The molecule has 1 saturated heterocycles. The van der Waals surface area contributed by atoms with Crippen LogP contribution in [0.25, 0.3) is 0 Å². The van der Waals surface area contributed by atoms with E-state index in [4.69, 9.17) is 5.73 Å². The molecule has 0 spiro atoms. The molecule has 1 fully saturated rings. The predicted octanol–water partition coefficient (Wildman–Crippen LogP) is 2.87. The molecule has 0 radical (unpaired) electrons. The average Bonchev–Trinajstić information content (AvgIpc) is 2.96. The van der Waals surface area contributed by atoms with Crippen LogP contribution in [0.15, 0.2) is 76.2 Å². The molecule has 2 aromatic carbocycles. The first-order valence-electron chi connectivity index (χ1n) is 12.9. The molecule has 10 nitrogen and oxygen atoms in total. The van der Waals surface area contributed by atoms with Crippen LogP contribution in [0.4, 0.5) is 17.6 Å². The van der Waals surface area contributed by atoms with E-state index in [9.17, 15) is 0 Å². The van der Waals surface area contributed by atoms with Crippen LogP contribution >= 0.6 is 0 Å². The van der Waals surface area contributed by atoms with Crippen LogP contribution in [0.2, 0.25) is 0 Å². The van der Waals surface area contributed by atoms with Crippen molar-refractivity contribution in [2.45, 2.75) is 26.3 Å². The Labute approximate surface area is 223 Å². The maximum absolute atomic E-state index is 6.31. The molecule has 0 atom stereocenters. The molecular weight excluding hydrogens is 476 g/mol. The fourth-order valence-electron chi connectivity index (χ4n) is 4.70. The Morgan fingerprint density at radius 1 is 1.08 bits per heavy atom. The van der Waals surface area contributed by atoms with Crippen molar-refractivity contribution in [2.75, 3.05) is 42.9 Å². The van der Waals surface area contributed by atoms with Crippen LogP contribution in [-0.4, -0.2) is 65.3 Å². The third-order valence-corrected chi connectivity index (χ3v) is 6.86. The summed E-state index contributed by atoms with van der Waals surface area (Å²) in [4.78, 5) is 26.4. The number of aromatic nitrogens is 3. The van der Waals surface area contributed by atoms with Crippen LogP contribution in [0.5, 0.6) is 0 Å². The Kier molecular flexibility index (Phi) is 7.89. The first-order chi connectivity index (χ1) is 18.6. The summed E-state index contributed by atoms with van der Waals surface area (Å²) in [5, 5.41) is 6.75.